The number of nitrogens with zero attached hydrogens (tertiary/aromatic N) is 1. The van der Waals surface area contributed by atoms with Gasteiger partial charge in [0.1, 0.15) is 0 Å². The maximum absolute atomic E-state index is 12.4. The Labute approximate surface area is 137 Å². The molecule has 0 fully saturated rings. The molecule has 0 spiro atoms. The number of aryl methyl sites for hydroxylation is 2. The molecule has 0 bridgehead atoms. The van der Waals surface area contributed by atoms with E-state index in [1.807, 2.05) is 32.0 Å². The maximum atomic E-state index is 12.4. The number of benzene rings is 1. The molecule has 0 atom stereocenters. The summed E-state index contributed by atoms with van der Waals surface area (Å²) in [5.41, 5.74) is 4.33. The van der Waals surface area contributed by atoms with E-state index < -0.39 is 0 Å². The molecule has 0 radical (unpaired) electrons. The highest BCUT2D eigenvalue weighted by Crippen LogP contribution is 2.18. The molecule has 0 saturated carbocycles. The average Bonchev–Trinajstić information content (AvgIpc) is 2.55. The number of pyridine rings is 1. The minimum atomic E-state index is -0.160. The number of carbonyl (C=O) groups excluding carboxylic acids is 1. The van der Waals surface area contributed by atoms with Crippen molar-refractivity contribution in [2.24, 2.45) is 0 Å². The highest BCUT2D eigenvalue weighted by atomic mass is 16.5. The Balaban J connectivity index is 2.03. The van der Waals surface area contributed by atoms with E-state index in [-0.39, 0.29) is 5.91 Å². The van der Waals surface area contributed by atoms with Gasteiger partial charge in [-0.1, -0.05) is 12.1 Å². The SMILES string of the molecule is COCCCNc1cncc(C(=O)Nc2cc(C)ccc2C)c1. The largest absolute Gasteiger partial charge is 0.385 e. The first-order chi connectivity index (χ1) is 11.1. The molecule has 122 valence electrons. The molecule has 0 unspecified atom stereocenters. The van der Waals surface area contributed by atoms with Crippen LogP contribution in [-0.2, 0) is 4.74 Å². The van der Waals surface area contributed by atoms with Crippen LogP contribution in [0.1, 0.15) is 27.9 Å². The van der Waals surface area contributed by atoms with Crippen molar-refractivity contribution in [3.63, 3.8) is 0 Å². The fourth-order valence-corrected chi connectivity index (χ4v) is 2.18. The van der Waals surface area contributed by atoms with E-state index in [1.54, 1.807) is 25.6 Å². The number of methoxy groups -OCH3 is 1. The zero-order chi connectivity index (χ0) is 16.7. The first-order valence-electron chi connectivity index (χ1n) is 7.66. The smallest absolute Gasteiger partial charge is 0.257 e. The molecular formula is C18H23N3O2. The van der Waals surface area contributed by atoms with E-state index in [1.165, 1.54) is 0 Å². The minimum absolute atomic E-state index is 0.160. The number of hydrogen-bond donors (Lipinski definition) is 2. The lowest BCUT2D eigenvalue weighted by Gasteiger charge is -2.10. The molecule has 1 amide bonds. The number of rotatable bonds is 7. The van der Waals surface area contributed by atoms with E-state index in [0.29, 0.717) is 12.2 Å². The second kappa shape index (κ2) is 8.29. The molecule has 0 saturated heterocycles. The molecular weight excluding hydrogens is 290 g/mol. The average molecular weight is 313 g/mol. The van der Waals surface area contributed by atoms with Crippen LogP contribution in [0.5, 0.6) is 0 Å². The highest BCUT2D eigenvalue weighted by Gasteiger charge is 2.09. The Morgan fingerprint density at radius 2 is 2.04 bits per heavy atom. The zero-order valence-electron chi connectivity index (χ0n) is 13.8. The van der Waals surface area contributed by atoms with Crippen molar-refractivity contribution in [2.45, 2.75) is 20.3 Å². The van der Waals surface area contributed by atoms with Crippen molar-refractivity contribution in [1.82, 2.24) is 4.98 Å². The first-order valence-corrected chi connectivity index (χ1v) is 7.66. The quantitative estimate of drug-likeness (QED) is 0.769. The standard InChI is InChI=1S/C18H23N3O2/c1-13-5-6-14(2)17(9-13)21-18(22)15-10-16(12-19-11-15)20-7-4-8-23-3/h5-6,9-12,20H,4,7-8H2,1-3H3,(H,21,22). The Hall–Kier alpha value is -2.40. The number of hydrogen-bond acceptors (Lipinski definition) is 4. The molecule has 2 N–H and O–H groups in total. The van der Waals surface area contributed by atoms with Crippen LogP contribution in [0.25, 0.3) is 0 Å². The maximum Gasteiger partial charge on any atom is 0.257 e. The van der Waals surface area contributed by atoms with Crippen molar-refractivity contribution < 1.29 is 9.53 Å². The van der Waals surface area contributed by atoms with Gasteiger partial charge in [-0.25, -0.2) is 0 Å². The van der Waals surface area contributed by atoms with Gasteiger partial charge in [-0.3, -0.25) is 9.78 Å². The first kappa shape index (κ1) is 17.0. The summed E-state index contributed by atoms with van der Waals surface area (Å²) in [5.74, 6) is -0.160. The topological polar surface area (TPSA) is 63.2 Å². The summed E-state index contributed by atoms with van der Waals surface area (Å²) in [6.45, 7) is 5.45. The van der Waals surface area contributed by atoms with Gasteiger partial charge >= 0.3 is 0 Å². The second-order valence-corrected chi connectivity index (χ2v) is 5.51. The van der Waals surface area contributed by atoms with Gasteiger partial charge in [0.2, 0.25) is 0 Å². The third-order valence-corrected chi connectivity index (χ3v) is 3.50. The molecule has 2 rings (SSSR count). The molecule has 5 heteroatoms. The summed E-state index contributed by atoms with van der Waals surface area (Å²) in [7, 11) is 1.68. The molecule has 0 aliphatic heterocycles. The van der Waals surface area contributed by atoms with Crippen LogP contribution in [0.3, 0.4) is 0 Å². The number of amides is 1. The van der Waals surface area contributed by atoms with Gasteiger partial charge in [-0.05, 0) is 43.5 Å². The lowest BCUT2D eigenvalue weighted by molar-refractivity contribution is 0.102. The molecule has 0 aliphatic rings. The predicted octanol–water partition coefficient (Wildman–Crippen LogP) is 3.40. The molecule has 0 aliphatic carbocycles. The van der Waals surface area contributed by atoms with Crippen LogP contribution in [0.2, 0.25) is 0 Å². The van der Waals surface area contributed by atoms with Crippen LogP contribution in [-0.4, -0.2) is 31.2 Å². The van der Waals surface area contributed by atoms with Crippen LogP contribution < -0.4 is 10.6 Å². The monoisotopic (exact) mass is 313 g/mol. The van der Waals surface area contributed by atoms with Crippen molar-refractivity contribution in [2.75, 3.05) is 30.9 Å². The number of ether oxygens (including phenoxy) is 1. The van der Waals surface area contributed by atoms with Crippen molar-refractivity contribution in [3.05, 3.63) is 53.3 Å². The summed E-state index contributed by atoms with van der Waals surface area (Å²) >= 11 is 0. The molecule has 5 nitrogen and oxygen atoms in total. The second-order valence-electron chi connectivity index (χ2n) is 5.51. The number of anilines is 2. The molecule has 2 aromatic rings. The van der Waals surface area contributed by atoms with E-state index in [2.05, 4.69) is 15.6 Å². The van der Waals surface area contributed by atoms with Crippen molar-refractivity contribution in [3.8, 4) is 0 Å². The predicted molar refractivity (Wildman–Crippen MR) is 93.1 cm³/mol. The van der Waals surface area contributed by atoms with Gasteiger partial charge in [-0.15, -0.1) is 0 Å². The highest BCUT2D eigenvalue weighted by molar-refractivity contribution is 6.05. The number of aromatic nitrogens is 1. The summed E-state index contributed by atoms with van der Waals surface area (Å²) in [6, 6.07) is 7.79. The Bertz CT molecular complexity index is 671. The Morgan fingerprint density at radius 1 is 1.22 bits per heavy atom. The van der Waals surface area contributed by atoms with Gasteiger partial charge < -0.3 is 15.4 Å². The van der Waals surface area contributed by atoms with Crippen LogP contribution in [0.15, 0.2) is 36.7 Å². The minimum Gasteiger partial charge on any atom is -0.385 e. The molecule has 1 aromatic carbocycles. The fourth-order valence-electron chi connectivity index (χ4n) is 2.18. The van der Waals surface area contributed by atoms with E-state index in [0.717, 1.165) is 35.5 Å². The molecule has 23 heavy (non-hydrogen) atoms. The van der Waals surface area contributed by atoms with E-state index in [4.69, 9.17) is 4.74 Å². The third kappa shape index (κ3) is 5.07. The van der Waals surface area contributed by atoms with E-state index in [9.17, 15) is 4.79 Å². The van der Waals surface area contributed by atoms with Crippen molar-refractivity contribution in [1.29, 1.82) is 0 Å². The van der Waals surface area contributed by atoms with Crippen LogP contribution >= 0.6 is 0 Å². The summed E-state index contributed by atoms with van der Waals surface area (Å²) in [5, 5.41) is 6.18. The normalized spacial score (nSPS) is 10.4. The lowest BCUT2D eigenvalue weighted by atomic mass is 10.1. The summed E-state index contributed by atoms with van der Waals surface area (Å²) < 4.78 is 5.01. The molecule has 1 heterocycles. The van der Waals surface area contributed by atoms with Crippen LogP contribution in [0, 0.1) is 13.8 Å². The Morgan fingerprint density at radius 3 is 2.83 bits per heavy atom. The van der Waals surface area contributed by atoms with Gasteiger partial charge in [0.05, 0.1) is 11.3 Å². The number of carbonyl (C=O) groups is 1. The Kier molecular flexibility index (Phi) is 6.11. The van der Waals surface area contributed by atoms with Gasteiger partial charge in [0.15, 0.2) is 0 Å². The molecule has 1 aromatic heterocycles. The zero-order valence-corrected chi connectivity index (χ0v) is 13.8. The summed E-state index contributed by atoms with van der Waals surface area (Å²) in [6.07, 6.45) is 4.18. The van der Waals surface area contributed by atoms with Crippen LogP contribution in [0.4, 0.5) is 11.4 Å². The third-order valence-electron chi connectivity index (χ3n) is 3.50. The number of nitrogens with one attached hydrogen (secondary N) is 2. The summed E-state index contributed by atoms with van der Waals surface area (Å²) in [4.78, 5) is 16.5. The lowest BCUT2D eigenvalue weighted by Crippen LogP contribution is -2.14. The van der Waals surface area contributed by atoms with Gasteiger partial charge in [0, 0.05) is 38.3 Å². The van der Waals surface area contributed by atoms with E-state index >= 15 is 0 Å². The van der Waals surface area contributed by atoms with Gasteiger partial charge in [0.25, 0.3) is 5.91 Å². The van der Waals surface area contributed by atoms with Crippen molar-refractivity contribution >= 4 is 17.3 Å². The van der Waals surface area contributed by atoms with Gasteiger partial charge in [-0.2, -0.15) is 0 Å². The fraction of sp³-hybridized carbons (Fsp3) is 0.333.